The van der Waals surface area contributed by atoms with Gasteiger partial charge in [0, 0.05) is 14.6 Å². The van der Waals surface area contributed by atoms with Crippen LogP contribution in [0.5, 0.6) is 11.5 Å². The number of benzene rings is 3. The standard InChI is InChI=1S/C23H19BrIN3O3/c1-30-20-10-7-14(11-21(20)31-2)13-26-23-27-18-9-8-15(25)12-16(18)22(29)28(23)19-6-4-3-5-17(19)24/h3-12H,13H2,1-2H3,(H,26,27). The van der Waals surface area contributed by atoms with E-state index in [0.29, 0.717) is 34.9 Å². The van der Waals surface area contributed by atoms with E-state index < -0.39 is 0 Å². The molecule has 3 aromatic carbocycles. The van der Waals surface area contributed by atoms with Crippen LogP contribution in [0.2, 0.25) is 0 Å². The number of rotatable bonds is 6. The summed E-state index contributed by atoms with van der Waals surface area (Å²) in [7, 11) is 3.21. The summed E-state index contributed by atoms with van der Waals surface area (Å²) < 4.78 is 14.1. The predicted octanol–water partition coefficient (Wildman–Crippen LogP) is 5.38. The van der Waals surface area contributed by atoms with E-state index in [0.717, 1.165) is 19.3 Å². The molecule has 4 rings (SSSR count). The molecule has 0 aliphatic carbocycles. The molecule has 0 aliphatic heterocycles. The number of ether oxygens (including phenoxy) is 2. The number of nitrogens with zero attached hydrogens (tertiary/aromatic N) is 2. The molecule has 0 spiro atoms. The Morgan fingerprint density at radius 2 is 1.81 bits per heavy atom. The highest BCUT2D eigenvalue weighted by Crippen LogP contribution is 2.28. The van der Waals surface area contributed by atoms with Crippen molar-refractivity contribution in [3.8, 4) is 17.2 Å². The van der Waals surface area contributed by atoms with E-state index in [2.05, 4.69) is 43.8 Å². The van der Waals surface area contributed by atoms with Crippen LogP contribution in [0.15, 0.2) is 69.9 Å². The lowest BCUT2D eigenvalue weighted by molar-refractivity contribution is 0.354. The number of fused-ring (bicyclic) bond motifs is 1. The Labute approximate surface area is 201 Å². The Hall–Kier alpha value is -2.59. The second kappa shape index (κ2) is 9.27. The third kappa shape index (κ3) is 4.40. The maximum atomic E-state index is 13.5. The number of hydrogen-bond donors (Lipinski definition) is 1. The van der Waals surface area contributed by atoms with Gasteiger partial charge in [-0.1, -0.05) is 18.2 Å². The predicted molar refractivity (Wildman–Crippen MR) is 135 cm³/mol. The van der Waals surface area contributed by atoms with Crippen molar-refractivity contribution in [2.45, 2.75) is 6.54 Å². The van der Waals surface area contributed by atoms with Crippen LogP contribution in [-0.2, 0) is 6.54 Å². The van der Waals surface area contributed by atoms with E-state index >= 15 is 0 Å². The van der Waals surface area contributed by atoms with E-state index in [1.165, 1.54) is 0 Å². The quantitative estimate of drug-likeness (QED) is 0.305. The Kier molecular flexibility index (Phi) is 6.47. The first-order chi connectivity index (χ1) is 15.0. The lowest BCUT2D eigenvalue weighted by Gasteiger charge is -2.17. The van der Waals surface area contributed by atoms with Crippen LogP contribution in [0.25, 0.3) is 16.6 Å². The van der Waals surface area contributed by atoms with E-state index in [9.17, 15) is 4.79 Å². The molecule has 0 radical (unpaired) electrons. The maximum Gasteiger partial charge on any atom is 0.267 e. The minimum absolute atomic E-state index is 0.134. The molecule has 1 heterocycles. The molecule has 0 aliphatic rings. The van der Waals surface area contributed by atoms with Crippen LogP contribution in [0, 0.1) is 3.57 Å². The first-order valence-electron chi connectivity index (χ1n) is 9.44. The average Bonchev–Trinajstić information content (AvgIpc) is 2.78. The van der Waals surface area contributed by atoms with Gasteiger partial charge in [-0.3, -0.25) is 4.79 Å². The summed E-state index contributed by atoms with van der Waals surface area (Å²) in [5.74, 6) is 1.77. The van der Waals surface area contributed by atoms with E-state index in [4.69, 9.17) is 14.5 Å². The summed E-state index contributed by atoms with van der Waals surface area (Å²) in [6, 6.07) is 18.9. The molecule has 6 nitrogen and oxygen atoms in total. The second-order valence-electron chi connectivity index (χ2n) is 6.73. The lowest BCUT2D eigenvalue weighted by atomic mass is 10.2. The summed E-state index contributed by atoms with van der Waals surface area (Å²) in [4.78, 5) is 18.2. The summed E-state index contributed by atoms with van der Waals surface area (Å²) in [6.45, 7) is 0.452. The molecule has 31 heavy (non-hydrogen) atoms. The van der Waals surface area contributed by atoms with Gasteiger partial charge in [0.2, 0.25) is 5.95 Å². The van der Waals surface area contributed by atoms with Crippen LogP contribution in [-0.4, -0.2) is 23.8 Å². The van der Waals surface area contributed by atoms with Crippen molar-refractivity contribution >= 4 is 55.4 Å². The minimum Gasteiger partial charge on any atom is -0.493 e. The molecule has 0 fully saturated rings. The summed E-state index contributed by atoms with van der Waals surface area (Å²) in [5.41, 5.74) is 2.19. The fourth-order valence-corrected chi connectivity index (χ4v) is 4.26. The van der Waals surface area contributed by atoms with E-state index in [1.807, 2.05) is 60.7 Å². The number of halogens is 2. The molecule has 0 atom stereocenters. The van der Waals surface area contributed by atoms with Crippen molar-refractivity contribution in [3.05, 3.63) is 84.6 Å². The fraction of sp³-hybridized carbons (Fsp3) is 0.130. The molecule has 158 valence electrons. The molecular weight excluding hydrogens is 573 g/mol. The minimum atomic E-state index is -0.134. The molecule has 0 saturated carbocycles. The average molecular weight is 592 g/mol. The smallest absolute Gasteiger partial charge is 0.267 e. The maximum absolute atomic E-state index is 13.5. The largest absolute Gasteiger partial charge is 0.493 e. The van der Waals surface area contributed by atoms with Gasteiger partial charge in [0.25, 0.3) is 5.56 Å². The number of anilines is 1. The molecule has 0 bridgehead atoms. The van der Waals surface area contributed by atoms with Gasteiger partial charge in [-0.05, 0) is 86.5 Å². The van der Waals surface area contributed by atoms with Crippen LogP contribution in [0.4, 0.5) is 5.95 Å². The summed E-state index contributed by atoms with van der Waals surface area (Å²) in [6.07, 6.45) is 0. The molecule has 4 aromatic rings. The third-order valence-corrected chi connectivity index (χ3v) is 6.16. The Morgan fingerprint density at radius 3 is 2.55 bits per heavy atom. The van der Waals surface area contributed by atoms with Crippen LogP contribution >= 0.6 is 38.5 Å². The van der Waals surface area contributed by atoms with Crippen molar-refractivity contribution in [1.29, 1.82) is 0 Å². The van der Waals surface area contributed by atoms with Crippen molar-refractivity contribution in [2.75, 3.05) is 19.5 Å². The molecule has 0 amide bonds. The Balaban J connectivity index is 1.81. The zero-order valence-electron chi connectivity index (χ0n) is 16.9. The zero-order chi connectivity index (χ0) is 22.0. The zero-order valence-corrected chi connectivity index (χ0v) is 20.6. The molecule has 1 N–H and O–H groups in total. The van der Waals surface area contributed by atoms with Crippen molar-refractivity contribution in [3.63, 3.8) is 0 Å². The summed E-state index contributed by atoms with van der Waals surface area (Å²) >= 11 is 5.76. The molecule has 1 aromatic heterocycles. The molecule has 0 unspecified atom stereocenters. The number of methoxy groups -OCH3 is 2. The number of nitrogens with one attached hydrogen (secondary N) is 1. The topological polar surface area (TPSA) is 65.4 Å². The van der Waals surface area contributed by atoms with E-state index in [1.54, 1.807) is 18.8 Å². The van der Waals surface area contributed by atoms with Gasteiger partial charge < -0.3 is 14.8 Å². The lowest BCUT2D eigenvalue weighted by Crippen LogP contribution is -2.24. The van der Waals surface area contributed by atoms with Crippen molar-refractivity contribution < 1.29 is 9.47 Å². The van der Waals surface area contributed by atoms with Gasteiger partial charge in [0.1, 0.15) is 0 Å². The monoisotopic (exact) mass is 591 g/mol. The Bertz CT molecular complexity index is 1320. The fourth-order valence-electron chi connectivity index (χ4n) is 3.30. The van der Waals surface area contributed by atoms with Gasteiger partial charge in [-0.2, -0.15) is 0 Å². The van der Waals surface area contributed by atoms with Gasteiger partial charge in [-0.15, -0.1) is 0 Å². The van der Waals surface area contributed by atoms with Gasteiger partial charge in [0.05, 0.1) is 30.8 Å². The highest BCUT2D eigenvalue weighted by molar-refractivity contribution is 14.1. The normalized spacial score (nSPS) is 10.8. The van der Waals surface area contributed by atoms with Crippen molar-refractivity contribution in [1.82, 2.24) is 9.55 Å². The second-order valence-corrected chi connectivity index (χ2v) is 8.83. The molecule has 0 saturated heterocycles. The van der Waals surface area contributed by atoms with Gasteiger partial charge in [-0.25, -0.2) is 9.55 Å². The summed E-state index contributed by atoms with van der Waals surface area (Å²) in [5, 5.41) is 3.89. The van der Waals surface area contributed by atoms with Gasteiger partial charge >= 0.3 is 0 Å². The number of para-hydroxylation sites is 1. The van der Waals surface area contributed by atoms with Crippen LogP contribution in [0.3, 0.4) is 0 Å². The SMILES string of the molecule is COc1ccc(CNc2nc3ccc(I)cc3c(=O)n2-c2ccccc2Br)cc1OC. The Morgan fingerprint density at radius 1 is 1.03 bits per heavy atom. The molecule has 8 heteroatoms. The first kappa shape index (κ1) is 21.6. The van der Waals surface area contributed by atoms with E-state index in [-0.39, 0.29) is 5.56 Å². The van der Waals surface area contributed by atoms with Crippen LogP contribution < -0.4 is 20.3 Å². The molecular formula is C23H19BrIN3O3. The first-order valence-corrected chi connectivity index (χ1v) is 11.3. The third-order valence-electron chi connectivity index (χ3n) is 4.82. The highest BCUT2D eigenvalue weighted by atomic mass is 127. The highest BCUT2D eigenvalue weighted by Gasteiger charge is 2.15. The van der Waals surface area contributed by atoms with Crippen LogP contribution in [0.1, 0.15) is 5.56 Å². The van der Waals surface area contributed by atoms with Crippen molar-refractivity contribution in [2.24, 2.45) is 0 Å². The number of aromatic nitrogens is 2. The van der Waals surface area contributed by atoms with Gasteiger partial charge in [0.15, 0.2) is 11.5 Å². The number of hydrogen-bond acceptors (Lipinski definition) is 5.